The molecule has 1 aliphatic heterocycles. The van der Waals surface area contributed by atoms with Crippen molar-refractivity contribution in [2.75, 3.05) is 6.61 Å². The third-order valence-electron chi connectivity index (χ3n) is 8.18. The molecule has 1 fully saturated rings. The number of carbonyl (C=O) groups is 1. The topological polar surface area (TPSA) is 56.8 Å². The first-order valence-electron chi connectivity index (χ1n) is 11.7. The Bertz CT molecular complexity index is 643. The maximum atomic E-state index is 13.1. The standard InChI is InChI=1S/C23H51NO4Si3/c1-21(2,3)29(10,11)26-16-17-18(27-30(12,13)22(4,5)6)19(20(25)24-17)28-31(14,15)23(7,8)9/h17-19H,16H2,1-15H3,(H,24,25)/t17-,18-,19+/m0/s1. The van der Waals surface area contributed by atoms with Gasteiger partial charge in [-0.25, -0.2) is 0 Å². The Balaban J connectivity index is 3.24. The molecule has 0 aliphatic carbocycles. The first kappa shape index (κ1) is 29.0. The first-order valence-corrected chi connectivity index (χ1v) is 20.5. The lowest BCUT2D eigenvalue weighted by Gasteiger charge is -2.43. The van der Waals surface area contributed by atoms with Crippen LogP contribution in [0.4, 0.5) is 0 Å². The first-order chi connectivity index (χ1) is 13.4. The summed E-state index contributed by atoms with van der Waals surface area (Å²) in [4.78, 5) is 13.1. The summed E-state index contributed by atoms with van der Waals surface area (Å²) in [6.45, 7) is 33.8. The predicted octanol–water partition coefficient (Wildman–Crippen LogP) is 6.29. The monoisotopic (exact) mass is 489 g/mol. The Morgan fingerprint density at radius 3 is 1.48 bits per heavy atom. The minimum Gasteiger partial charge on any atom is -0.415 e. The van der Waals surface area contributed by atoms with Gasteiger partial charge in [0.05, 0.1) is 12.6 Å². The number of hydrogen-bond donors (Lipinski definition) is 1. The molecule has 0 aromatic carbocycles. The number of hydrogen-bond acceptors (Lipinski definition) is 4. The van der Waals surface area contributed by atoms with E-state index >= 15 is 0 Å². The third kappa shape index (κ3) is 6.76. The molecule has 5 nitrogen and oxygen atoms in total. The maximum absolute atomic E-state index is 13.1. The Morgan fingerprint density at radius 1 is 0.710 bits per heavy atom. The van der Waals surface area contributed by atoms with Gasteiger partial charge in [-0.3, -0.25) is 4.79 Å². The summed E-state index contributed by atoms with van der Waals surface area (Å²) >= 11 is 0. The summed E-state index contributed by atoms with van der Waals surface area (Å²) in [7, 11) is -6.21. The molecule has 3 atom stereocenters. The molecule has 184 valence electrons. The molecular weight excluding hydrogens is 439 g/mol. The molecule has 0 saturated carbocycles. The van der Waals surface area contributed by atoms with Crippen molar-refractivity contribution in [2.45, 2.75) is 135 Å². The van der Waals surface area contributed by atoms with Gasteiger partial charge in [0.1, 0.15) is 6.10 Å². The van der Waals surface area contributed by atoms with E-state index in [1.807, 2.05) is 0 Å². The highest BCUT2D eigenvalue weighted by Crippen LogP contribution is 2.42. The molecule has 0 aromatic rings. The van der Waals surface area contributed by atoms with E-state index in [0.717, 1.165) is 0 Å². The SMILES string of the molecule is CC(C)(C)[Si](C)(C)OC[C@@H]1NC(=O)[C@H](O[Si](C)(C)C(C)(C)C)[C@H]1O[Si](C)(C)C(C)(C)C. The molecule has 0 radical (unpaired) electrons. The fourth-order valence-electron chi connectivity index (χ4n) is 2.63. The average Bonchev–Trinajstić information content (AvgIpc) is 2.77. The third-order valence-corrected chi connectivity index (χ3v) is 21.6. The molecule has 0 aromatic heterocycles. The van der Waals surface area contributed by atoms with Crippen molar-refractivity contribution in [3.8, 4) is 0 Å². The van der Waals surface area contributed by atoms with E-state index in [1.54, 1.807) is 0 Å². The highest BCUT2D eigenvalue weighted by atomic mass is 28.4. The van der Waals surface area contributed by atoms with E-state index in [-0.39, 0.29) is 33.2 Å². The van der Waals surface area contributed by atoms with Crippen LogP contribution in [0.15, 0.2) is 0 Å². The second kappa shape index (κ2) is 8.98. The maximum Gasteiger partial charge on any atom is 0.251 e. The zero-order chi connectivity index (χ0) is 24.8. The van der Waals surface area contributed by atoms with Gasteiger partial charge in [0.25, 0.3) is 5.91 Å². The summed E-state index contributed by atoms with van der Waals surface area (Å²) in [5.74, 6) is -0.0580. The summed E-state index contributed by atoms with van der Waals surface area (Å²) in [5, 5.41) is 3.36. The van der Waals surface area contributed by atoms with Crippen LogP contribution >= 0.6 is 0 Å². The van der Waals surface area contributed by atoms with Crippen molar-refractivity contribution in [1.29, 1.82) is 0 Å². The van der Waals surface area contributed by atoms with Gasteiger partial charge in [-0.05, 0) is 54.4 Å². The molecule has 1 saturated heterocycles. The highest BCUT2D eigenvalue weighted by Gasteiger charge is 2.53. The fourth-order valence-corrected chi connectivity index (χ4v) is 6.21. The van der Waals surface area contributed by atoms with Gasteiger partial charge in [0, 0.05) is 0 Å². The van der Waals surface area contributed by atoms with Gasteiger partial charge in [0.15, 0.2) is 31.1 Å². The van der Waals surface area contributed by atoms with Crippen molar-refractivity contribution in [3.05, 3.63) is 0 Å². The van der Waals surface area contributed by atoms with Crippen LogP contribution in [0.1, 0.15) is 62.3 Å². The summed E-state index contributed by atoms with van der Waals surface area (Å²) < 4.78 is 20.0. The molecule has 1 amide bonds. The van der Waals surface area contributed by atoms with Crippen LogP contribution in [0.3, 0.4) is 0 Å². The lowest BCUT2D eigenvalue weighted by Crippen LogP contribution is -2.54. The second-order valence-corrected chi connectivity index (χ2v) is 28.1. The van der Waals surface area contributed by atoms with Gasteiger partial charge in [0.2, 0.25) is 0 Å². The minimum absolute atomic E-state index is 0.0184. The molecule has 0 bridgehead atoms. The molecular formula is C23H51NO4Si3. The van der Waals surface area contributed by atoms with Crippen LogP contribution in [0, 0.1) is 0 Å². The number of carbonyl (C=O) groups excluding carboxylic acids is 1. The smallest absolute Gasteiger partial charge is 0.251 e. The summed E-state index contributed by atoms with van der Waals surface area (Å²) in [6, 6.07) is -0.189. The van der Waals surface area contributed by atoms with Crippen molar-refractivity contribution in [3.63, 3.8) is 0 Å². The number of amides is 1. The van der Waals surface area contributed by atoms with Crippen LogP contribution < -0.4 is 5.32 Å². The van der Waals surface area contributed by atoms with E-state index in [1.165, 1.54) is 0 Å². The highest BCUT2D eigenvalue weighted by molar-refractivity contribution is 6.75. The molecule has 31 heavy (non-hydrogen) atoms. The molecule has 8 heteroatoms. The Morgan fingerprint density at radius 2 is 1.10 bits per heavy atom. The lowest BCUT2D eigenvalue weighted by molar-refractivity contribution is -0.127. The second-order valence-electron chi connectivity index (χ2n) is 13.8. The Labute approximate surface area is 195 Å². The largest absolute Gasteiger partial charge is 0.415 e. The Hall–Kier alpha value is 0.000649. The summed E-state index contributed by atoms with van der Waals surface area (Å²) in [5.41, 5.74) is 0. The van der Waals surface area contributed by atoms with Gasteiger partial charge in [-0.15, -0.1) is 0 Å². The molecule has 1 rings (SSSR count). The molecule has 0 spiro atoms. The van der Waals surface area contributed by atoms with Gasteiger partial charge >= 0.3 is 0 Å². The molecule has 1 aliphatic rings. The summed E-state index contributed by atoms with van der Waals surface area (Å²) in [6.07, 6.45) is -0.907. The van der Waals surface area contributed by atoms with Crippen molar-refractivity contribution < 1.29 is 18.1 Å². The molecule has 1 heterocycles. The van der Waals surface area contributed by atoms with Crippen LogP contribution in [0.5, 0.6) is 0 Å². The van der Waals surface area contributed by atoms with Gasteiger partial charge in [-0.2, -0.15) is 0 Å². The van der Waals surface area contributed by atoms with Crippen molar-refractivity contribution in [2.24, 2.45) is 0 Å². The van der Waals surface area contributed by atoms with Crippen LogP contribution in [0.25, 0.3) is 0 Å². The van der Waals surface area contributed by atoms with Gasteiger partial charge in [-0.1, -0.05) is 62.3 Å². The Kier molecular flexibility index (Phi) is 8.41. The van der Waals surface area contributed by atoms with Crippen LogP contribution in [-0.2, 0) is 18.1 Å². The van der Waals surface area contributed by atoms with E-state index in [0.29, 0.717) is 6.61 Å². The van der Waals surface area contributed by atoms with Crippen LogP contribution in [-0.4, -0.2) is 55.7 Å². The van der Waals surface area contributed by atoms with E-state index in [9.17, 15) is 4.79 Å². The van der Waals surface area contributed by atoms with Crippen molar-refractivity contribution in [1.82, 2.24) is 5.32 Å². The number of nitrogens with one attached hydrogen (secondary N) is 1. The van der Waals surface area contributed by atoms with Crippen LogP contribution in [0.2, 0.25) is 54.4 Å². The normalized spacial score (nSPS) is 24.5. The van der Waals surface area contributed by atoms with E-state index < -0.39 is 31.1 Å². The number of rotatable bonds is 7. The predicted molar refractivity (Wildman–Crippen MR) is 139 cm³/mol. The minimum atomic E-state index is -2.15. The van der Waals surface area contributed by atoms with E-state index in [2.05, 4.69) is 107 Å². The molecule has 1 N–H and O–H groups in total. The fraction of sp³-hybridized carbons (Fsp3) is 0.957. The van der Waals surface area contributed by atoms with E-state index in [4.69, 9.17) is 13.3 Å². The average molecular weight is 490 g/mol. The zero-order valence-corrected chi connectivity index (χ0v) is 26.1. The zero-order valence-electron chi connectivity index (χ0n) is 23.1. The van der Waals surface area contributed by atoms with Gasteiger partial charge < -0.3 is 18.6 Å². The quantitative estimate of drug-likeness (QED) is 0.427. The molecule has 0 unspecified atom stereocenters. The lowest BCUT2D eigenvalue weighted by atomic mass is 10.1. The van der Waals surface area contributed by atoms with Crippen molar-refractivity contribution >= 4 is 30.9 Å².